The minimum absolute atomic E-state index is 0.225. The number of anilines is 1. The van der Waals surface area contributed by atoms with Crippen molar-refractivity contribution in [3.8, 4) is 0 Å². The zero-order valence-electron chi connectivity index (χ0n) is 16.8. The van der Waals surface area contributed by atoms with Crippen LogP contribution in [0, 0.1) is 5.92 Å². The van der Waals surface area contributed by atoms with E-state index in [1.807, 2.05) is 7.05 Å². The maximum Gasteiger partial charge on any atom is 0.191 e. The molecule has 1 aromatic carbocycles. The molecule has 5 nitrogen and oxygen atoms in total. The third-order valence-electron chi connectivity index (χ3n) is 5.73. The second-order valence-electron chi connectivity index (χ2n) is 7.98. The van der Waals surface area contributed by atoms with Gasteiger partial charge in [0.1, 0.15) is 0 Å². The third-order valence-corrected chi connectivity index (χ3v) is 5.73. The smallest absolute Gasteiger partial charge is 0.191 e. The number of nitrogens with zero attached hydrogens (tertiary/aromatic N) is 3. The number of hydrogen-bond donors (Lipinski definition) is 2. The molecular formula is C21H35N5. The summed E-state index contributed by atoms with van der Waals surface area (Å²) in [5.41, 5.74) is 2.65. The summed E-state index contributed by atoms with van der Waals surface area (Å²) in [6.45, 7) is 5.52. The molecule has 2 fully saturated rings. The molecule has 3 rings (SSSR count). The maximum atomic E-state index is 4.43. The third kappa shape index (κ3) is 4.91. The molecule has 0 bridgehead atoms. The molecule has 2 unspecified atom stereocenters. The molecular weight excluding hydrogens is 322 g/mol. The Balaban J connectivity index is 1.57. The van der Waals surface area contributed by atoms with Gasteiger partial charge in [0.25, 0.3) is 0 Å². The molecule has 1 aromatic rings. The van der Waals surface area contributed by atoms with Crippen LogP contribution < -0.4 is 15.5 Å². The van der Waals surface area contributed by atoms with Crippen LogP contribution in [0.5, 0.6) is 0 Å². The average Bonchev–Trinajstić information content (AvgIpc) is 3.32. The van der Waals surface area contributed by atoms with Gasteiger partial charge < -0.3 is 20.4 Å². The molecule has 1 aliphatic heterocycles. The summed E-state index contributed by atoms with van der Waals surface area (Å²) in [7, 11) is 6.20. The Bertz CT molecular complexity index is 600. The highest BCUT2D eigenvalue weighted by Gasteiger charge is 2.32. The quantitative estimate of drug-likeness (QED) is 0.582. The normalized spacial score (nSPS) is 20.3. The average molecular weight is 358 g/mol. The fourth-order valence-corrected chi connectivity index (χ4v) is 3.90. The molecule has 1 saturated heterocycles. The largest absolute Gasteiger partial charge is 0.372 e. The van der Waals surface area contributed by atoms with Crippen molar-refractivity contribution in [3.63, 3.8) is 0 Å². The highest BCUT2D eigenvalue weighted by atomic mass is 15.2. The van der Waals surface area contributed by atoms with Gasteiger partial charge in [0.2, 0.25) is 0 Å². The van der Waals surface area contributed by atoms with Crippen LogP contribution >= 0.6 is 0 Å². The van der Waals surface area contributed by atoms with Crippen LogP contribution in [0.1, 0.15) is 44.2 Å². The van der Waals surface area contributed by atoms with Gasteiger partial charge in [-0.3, -0.25) is 4.99 Å². The first kappa shape index (κ1) is 19.0. The van der Waals surface area contributed by atoms with Gasteiger partial charge in [-0.05, 0) is 70.3 Å². The molecule has 0 spiro atoms. The van der Waals surface area contributed by atoms with Gasteiger partial charge in [-0.25, -0.2) is 0 Å². The van der Waals surface area contributed by atoms with Crippen LogP contribution in [0.3, 0.4) is 0 Å². The first-order valence-corrected chi connectivity index (χ1v) is 10.1. The molecule has 1 saturated carbocycles. The lowest BCUT2D eigenvalue weighted by Crippen LogP contribution is -2.46. The van der Waals surface area contributed by atoms with Crippen LogP contribution in [0.4, 0.5) is 5.69 Å². The van der Waals surface area contributed by atoms with E-state index in [9.17, 15) is 0 Å². The van der Waals surface area contributed by atoms with E-state index < -0.39 is 0 Å². The van der Waals surface area contributed by atoms with Crippen LogP contribution in [0.2, 0.25) is 0 Å². The van der Waals surface area contributed by atoms with Crippen molar-refractivity contribution in [2.24, 2.45) is 10.9 Å². The number of likely N-dealkylation sites (N-methyl/N-ethyl adjacent to an activating group) is 1. The summed E-state index contributed by atoms with van der Waals surface area (Å²) in [4.78, 5) is 9.25. The van der Waals surface area contributed by atoms with E-state index in [4.69, 9.17) is 0 Å². The Hall–Kier alpha value is -1.75. The van der Waals surface area contributed by atoms with Crippen molar-refractivity contribution in [1.29, 1.82) is 0 Å². The number of benzene rings is 1. The van der Waals surface area contributed by atoms with Gasteiger partial charge in [-0.2, -0.15) is 0 Å². The van der Waals surface area contributed by atoms with Gasteiger partial charge in [-0.1, -0.05) is 12.1 Å². The van der Waals surface area contributed by atoms with Gasteiger partial charge in [0.05, 0.1) is 6.04 Å². The predicted molar refractivity (Wildman–Crippen MR) is 111 cm³/mol. The van der Waals surface area contributed by atoms with E-state index in [2.05, 4.69) is 70.7 Å². The second-order valence-corrected chi connectivity index (χ2v) is 7.98. The van der Waals surface area contributed by atoms with E-state index in [0.717, 1.165) is 18.4 Å². The predicted octanol–water partition coefficient (Wildman–Crippen LogP) is 2.85. The monoisotopic (exact) mass is 357 g/mol. The second kappa shape index (κ2) is 8.76. The minimum atomic E-state index is 0.225. The summed E-state index contributed by atoms with van der Waals surface area (Å²) in [5, 5.41) is 7.09. The standard InChI is InChI=1S/C21H35N5/c1-16(18-8-7-9-19(14-18)26-12-5-6-13-26)24-21(22-2)23-15-20(25(3)4)17-10-11-17/h7-9,14,16-17,20H,5-6,10-13,15H2,1-4H3,(H2,22,23,24). The lowest BCUT2D eigenvalue weighted by atomic mass is 10.1. The topological polar surface area (TPSA) is 42.9 Å². The molecule has 26 heavy (non-hydrogen) atoms. The molecule has 1 heterocycles. The van der Waals surface area contributed by atoms with Crippen molar-refractivity contribution >= 4 is 11.6 Å². The fraction of sp³-hybridized carbons (Fsp3) is 0.667. The zero-order chi connectivity index (χ0) is 18.5. The van der Waals surface area contributed by atoms with E-state index in [1.165, 1.54) is 50.0 Å². The Morgan fingerprint density at radius 1 is 1.27 bits per heavy atom. The SMILES string of the molecule is CN=C(NCC(C1CC1)N(C)C)NC(C)c1cccc(N2CCCC2)c1. The van der Waals surface area contributed by atoms with Crippen LogP contribution in [-0.2, 0) is 0 Å². The summed E-state index contributed by atoms with van der Waals surface area (Å²) in [6.07, 6.45) is 5.33. The van der Waals surface area contributed by atoms with Crippen molar-refractivity contribution in [1.82, 2.24) is 15.5 Å². The molecule has 0 radical (unpaired) electrons. The van der Waals surface area contributed by atoms with E-state index in [-0.39, 0.29) is 6.04 Å². The van der Waals surface area contributed by atoms with Gasteiger partial charge >= 0.3 is 0 Å². The minimum Gasteiger partial charge on any atom is -0.372 e. The lowest BCUT2D eigenvalue weighted by Gasteiger charge is -2.26. The highest BCUT2D eigenvalue weighted by Crippen LogP contribution is 2.34. The van der Waals surface area contributed by atoms with Crippen molar-refractivity contribution in [2.75, 3.05) is 45.7 Å². The molecule has 0 aromatic heterocycles. The van der Waals surface area contributed by atoms with E-state index >= 15 is 0 Å². The van der Waals surface area contributed by atoms with Gasteiger partial charge in [-0.15, -0.1) is 0 Å². The maximum absolute atomic E-state index is 4.43. The van der Waals surface area contributed by atoms with E-state index in [1.54, 1.807) is 0 Å². The van der Waals surface area contributed by atoms with Crippen molar-refractivity contribution < 1.29 is 0 Å². The Morgan fingerprint density at radius 3 is 2.62 bits per heavy atom. The number of hydrogen-bond acceptors (Lipinski definition) is 3. The van der Waals surface area contributed by atoms with Gasteiger partial charge in [0, 0.05) is 38.4 Å². The summed E-state index contributed by atoms with van der Waals surface area (Å²) in [6, 6.07) is 9.74. The Morgan fingerprint density at radius 2 is 2.00 bits per heavy atom. The molecule has 2 aliphatic rings. The van der Waals surface area contributed by atoms with E-state index in [0.29, 0.717) is 6.04 Å². The number of nitrogens with one attached hydrogen (secondary N) is 2. The lowest BCUT2D eigenvalue weighted by molar-refractivity contribution is 0.264. The summed E-state index contributed by atoms with van der Waals surface area (Å²) in [5.74, 6) is 1.72. The summed E-state index contributed by atoms with van der Waals surface area (Å²) >= 11 is 0. The molecule has 1 aliphatic carbocycles. The first-order valence-electron chi connectivity index (χ1n) is 10.1. The van der Waals surface area contributed by atoms with Crippen molar-refractivity contribution in [2.45, 2.75) is 44.7 Å². The first-order chi connectivity index (χ1) is 12.6. The zero-order valence-corrected chi connectivity index (χ0v) is 16.8. The van der Waals surface area contributed by atoms with Gasteiger partial charge in [0.15, 0.2) is 5.96 Å². The molecule has 144 valence electrons. The number of aliphatic imine (C=N–C) groups is 1. The molecule has 2 N–H and O–H groups in total. The Kier molecular flexibility index (Phi) is 6.41. The molecule has 5 heteroatoms. The molecule has 0 amide bonds. The molecule has 2 atom stereocenters. The van der Waals surface area contributed by atoms with Crippen LogP contribution in [0.15, 0.2) is 29.3 Å². The van der Waals surface area contributed by atoms with Crippen LogP contribution in [0.25, 0.3) is 0 Å². The van der Waals surface area contributed by atoms with Crippen molar-refractivity contribution in [3.05, 3.63) is 29.8 Å². The highest BCUT2D eigenvalue weighted by molar-refractivity contribution is 5.80. The van der Waals surface area contributed by atoms with Crippen LogP contribution in [-0.4, -0.2) is 57.7 Å². The number of rotatable bonds is 7. The number of guanidine groups is 1. The Labute approximate surface area is 158 Å². The fourth-order valence-electron chi connectivity index (χ4n) is 3.90. The summed E-state index contributed by atoms with van der Waals surface area (Å²) < 4.78 is 0.